The molecule has 1 aromatic carbocycles. The largest absolute Gasteiger partial charge is 0.383 e. The number of rotatable bonds is 9. The quantitative estimate of drug-likeness (QED) is 0.752. The van der Waals surface area contributed by atoms with Gasteiger partial charge in [0.05, 0.1) is 6.61 Å². The highest BCUT2D eigenvalue weighted by Gasteiger charge is 2.17. The van der Waals surface area contributed by atoms with E-state index in [-0.39, 0.29) is 11.8 Å². The lowest BCUT2D eigenvalue weighted by Crippen LogP contribution is -2.35. The summed E-state index contributed by atoms with van der Waals surface area (Å²) in [5.41, 5.74) is 6.83. The zero-order valence-corrected chi connectivity index (χ0v) is 12.5. The number of amides is 1. The molecule has 0 bridgehead atoms. The van der Waals surface area contributed by atoms with Crippen LogP contribution in [0.1, 0.15) is 25.3 Å². The molecule has 4 heteroatoms. The van der Waals surface area contributed by atoms with Gasteiger partial charge in [-0.25, -0.2) is 0 Å². The summed E-state index contributed by atoms with van der Waals surface area (Å²) in [6.45, 7) is 4.43. The van der Waals surface area contributed by atoms with Gasteiger partial charge in [0.2, 0.25) is 5.91 Å². The summed E-state index contributed by atoms with van der Waals surface area (Å²) in [6.07, 6.45) is 1.45. The fourth-order valence-corrected chi connectivity index (χ4v) is 2.07. The van der Waals surface area contributed by atoms with Gasteiger partial charge in [-0.05, 0) is 18.0 Å². The minimum Gasteiger partial charge on any atom is -0.383 e. The first-order valence-corrected chi connectivity index (χ1v) is 7.22. The molecule has 0 saturated heterocycles. The average molecular weight is 278 g/mol. The number of carbonyl (C=O) groups excluding carboxylic acids is 1. The minimum atomic E-state index is 0.156. The first kappa shape index (κ1) is 16.7. The van der Waals surface area contributed by atoms with Gasteiger partial charge in [-0.1, -0.05) is 43.7 Å². The number of nitrogens with two attached hydrogens (primary N) is 1. The Morgan fingerprint density at radius 3 is 2.60 bits per heavy atom. The third kappa shape index (κ3) is 5.72. The van der Waals surface area contributed by atoms with Crippen LogP contribution >= 0.6 is 0 Å². The minimum absolute atomic E-state index is 0.156. The topological polar surface area (TPSA) is 55.6 Å². The van der Waals surface area contributed by atoms with Gasteiger partial charge in [-0.2, -0.15) is 0 Å². The molecule has 20 heavy (non-hydrogen) atoms. The SMILES string of the molecule is CCC(CN)CC(=O)N(CCOC)Cc1ccccc1. The van der Waals surface area contributed by atoms with E-state index in [0.29, 0.717) is 32.7 Å². The van der Waals surface area contributed by atoms with E-state index in [1.807, 2.05) is 35.2 Å². The highest BCUT2D eigenvalue weighted by molar-refractivity contribution is 5.76. The molecule has 2 N–H and O–H groups in total. The first-order valence-electron chi connectivity index (χ1n) is 7.22. The van der Waals surface area contributed by atoms with Gasteiger partial charge in [0, 0.05) is 26.6 Å². The van der Waals surface area contributed by atoms with E-state index >= 15 is 0 Å². The molecule has 0 radical (unpaired) electrons. The smallest absolute Gasteiger partial charge is 0.223 e. The summed E-state index contributed by atoms with van der Waals surface area (Å²) in [5, 5.41) is 0. The molecule has 0 aliphatic heterocycles. The van der Waals surface area contributed by atoms with E-state index in [2.05, 4.69) is 6.92 Å². The monoisotopic (exact) mass is 278 g/mol. The van der Waals surface area contributed by atoms with Crippen LogP contribution in [0, 0.1) is 5.92 Å². The van der Waals surface area contributed by atoms with E-state index < -0.39 is 0 Å². The fourth-order valence-electron chi connectivity index (χ4n) is 2.07. The van der Waals surface area contributed by atoms with Crippen LogP contribution in [0.5, 0.6) is 0 Å². The van der Waals surface area contributed by atoms with Crippen LogP contribution in [0.15, 0.2) is 30.3 Å². The van der Waals surface area contributed by atoms with Crippen LogP contribution in [0.4, 0.5) is 0 Å². The molecule has 1 atom stereocenters. The van der Waals surface area contributed by atoms with Crippen molar-refractivity contribution in [2.45, 2.75) is 26.3 Å². The van der Waals surface area contributed by atoms with Gasteiger partial charge in [-0.3, -0.25) is 4.79 Å². The summed E-state index contributed by atoms with van der Waals surface area (Å²) in [4.78, 5) is 14.3. The van der Waals surface area contributed by atoms with Crippen LogP contribution in [0.25, 0.3) is 0 Å². The second-order valence-corrected chi connectivity index (χ2v) is 5.01. The van der Waals surface area contributed by atoms with Gasteiger partial charge >= 0.3 is 0 Å². The van der Waals surface area contributed by atoms with Crippen molar-refractivity contribution in [3.05, 3.63) is 35.9 Å². The first-order chi connectivity index (χ1) is 9.71. The molecule has 0 spiro atoms. The Kier molecular flexibility index (Phi) is 7.92. The second-order valence-electron chi connectivity index (χ2n) is 5.01. The van der Waals surface area contributed by atoms with Crippen molar-refractivity contribution in [2.24, 2.45) is 11.7 Å². The number of ether oxygens (including phenoxy) is 1. The third-order valence-electron chi connectivity index (χ3n) is 3.51. The summed E-state index contributed by atoms with van der Waals surface area (Å²) in [6, 6.07) is 10.0. The molecule has 0 aliphatic rings. The summed E-state index contributed by atoms with van der Waals surface area (Å²) in [7, 11) is 1.65. The maximum atomic E-state index is 12.4. The van der Waals surface area contributed by atoms with E-state index in [9.17, 15) is 4.79 Å². The Balaban J connectivity index is 2.65. The summed E-state index contributed by atoms with van der Waals surface area (Å²) < 4.78 is 5.10. The van der Waals surface area contributed by atoms with Crippen molar-refractivity contribution in [3.63, 3.8) is 0 Å². The number of carbonyl (C=O) groups is 1. The van der Waals surface area contributed by atoms with Crippen LogP contribution in [-0.2, 0) is 16.1 Å². The van der Waals surface area contributed by atoms with Gasteiger partial charge < -0.3 is 15.4 Å². The van der Waals surface area contributed by atoms with Crippen LogP contribution in [0.2, 0.25) is 0 Å². The van der Waals surface area contributed by atoms with Crippen LogP contribution in [0.3, 0.4) is 0 Å². The Labute approximate surface area is 121 Å². The van der Waals surface area contributed by atoms with Crippen molar-refractivity contribution in [1.29, 1.82) is 0 Å². The average Bonchev–Trinajstić information content (AvgIpc) is 2.49. The molecule has 1 amide bonds. The molecule has 0 aromatic heterocycles. The molecule has 1 unspecified atom stereocenters. The lowest BCUT2D eigenvalue weighted by Gasteiger charge is -2.24. The number of nitrogens with zero attached hydrogens (tertiary/aromatic N) is 1. The predicted octanol–water partition coefficient (Wildman–Crippen LogP) is 2.04. The van der Waals surface area contributed by atoms with E-state index in [4.69, 9.17) is 10.5 Å². The Morgan fingerprint density at radius 1 is 1.35 bits per heavy atom. The van der Waals surface area contributed by atoms with E-state index in [1.165, 1.54) is 0 Å². The van der Waals surface area contributed by atoms with Gasteiger partial charge in [0.15, 0.2) is 0 Å². The third-order valence-corrected chi connectivity index (χ3v) is 3.51. The standard InChI is InChI=1S/C16H26N2O2/c1-3-14(12-17)11-16(19)18(9-10-20-2)13-15-7-5-4-6-8-15/h4-8,14H,3,9-13,17H2,1-2H3. The number of benzene rings is 1. The zero-order chi connectivity index (χ0) is 14.8. The molecule has 0 heterocycles. The van der Waals surface area contributed by atoms with Crippen LogP contribution in [-0.4, -0.2) is 37.6 Å². The number of methoxy groups -OCH3 is 1. The Morgan fingerprint density at radius 2 is 2.05 bits per heavy atom. The molecular weight excluding hydrogens is 252 g/mol. The second kappa shape index (κ2) is 9.50. The lowest BCUT2D eigenvalue weighted by molar-refractivity contribution is -0.133. The molecule has 1 aromatic rings. The predicted molar refractivity (Wildman–Crippen MR) is 81.2 cm³/mol. The Bertz CT molecular complexity index is 377. The maximum absolute atomic E-state index is 12.4. The molecule has 0 fully saturated rings. The van der Waals surface area contributed by atoms with E-state index in [1.54, 1.807) is 7.11 Å². The number of hydrogen-bond acceptors (Lipinski definition) is 3. The summed E-state index contributed by atoms with van der Waals surface area (Å²) in [5.74, 6) is 0.423. The molecule has 0 aliphatic carbocycles. The zero-order valence-electron chi connectivity index (χ0n) is 12.5. The van der Waals surface area contributed by atoms with Crippen molar-refractivity contribution in [1.82, 2.24) is 4.90 Å². The molecule has 0 saturated carbocycles. The van der Waals surface area contributed by atoms with Crippen LogP contribution < -0.4 is 5.73 Å². The normalized spacial score (nSPS) is 12.2. The van der Waals surface area contributed by atoms with Gasteiger partial charge in [0.25, 0.3) is 0 Å². The summed E-state index contributed by atoms with van der Waals surface area (Å²) >= 11 is 0. The van der Waals surface area contributed by atoms with Crippen molar-refractivity contribution < 1.29 is 9.53 Å². The molecule has 4 nitrogen and oxygen atoms in total. The van der Waals surface area contributed by atoms with Gasteiger partial charge in [0.1, 0.15) is 0 Å². The lowest BCUT2D eigenvalue weighted by atomic mass is 10.0. The Hall–Kier alpha value is -1.39. The van der Waals surface area contributed by atoms with Gasteiger partial charge in [-0.15, -0.1) is 0 Å². The number of hydrogen-bond donors (Lipinski definition) is 1. The maximum Gasteiger partial charge on any atom is 0.223 e. The van der Waals surface area contributed by atoms with Crippen molar-refractivity contribution in [3.8, 4) is 0 Å². The van der Waals surface area contributed by atoms with E-state index in [0.717, 1.165) is 12.0 Å². The molecule has 112 valence electrons. The van der Waals surface area contributed by atoms with Crippen molar-refractivity contribution >= 4 is 5.91 Å². The van der Waals surface area contributed by atoms with Crippen molar-refractivity contribution in [2.75, 3.05) is 26.8 Å². The fraction of sp³-hybridized carbons (Fsp3) is 0.562. The highest BCUT2D eigenvalue weighted by atomic mass is 16.5. The molecule has 1 rings (SSSR count). The highest BCUT2D eigenvalue weighted by Crippen LogP contribution is 2.12. The molecular formula is C16H26N2O2.